The van der Waals surface area contributed by atoms with E-state index in [0.29, 0.717) is 17.1 Å². The van der Waals surface area contributed by atoms with E-state index in [1.807, 2.05) is 6.92 Å². The summed E-state index contributed by atoms with van der Waals surface area (Å²) in [7, 11) is -0.418. The lowest BCUT2D eigenvalue weighted by Crippen LogP contribution is -2.40. The van der Waals surface area contributed by atoms with Gasteiger partial charge in [0.05, 0.1) is 24.7 Å². The van der Waals surface area contributed by atoms with Crippen LogP contribution in [0.25, 0.3) is 10.2 Å². The first-order valence-electron chi connectivity index (χ1n) is 10.9. The number of fused-ring (bicyclic) bond motifs is 1. The maximum absolute atomic E-state index is 13.5. The minimum absolute atomic E-state index is 0.00485. The molecule has 4 aromatic rings. The molecular weight excluding hydrogens is 492 g/mol. The lowest BCUT2D eigenvalue weighted by atomic mass is 10.3. The number of aromatic nitrogens is 6. The minimum atomic E-state index is -3.86. The Labute approximate surface area is 204 Å². The van der Waals surface area contributed by atoms with Gasteiger partial charge in [0, 0.05) is 49.4 Å². The first-order valence-corrected chi connectivity index (χ1v) is 13.2. The summed E-state index contributed by atoms with van der Waals surface area (Å²) >= 11 is 0.903. The fraction of sp³-hybridized carbons (Fsp3) is 0.381. The molecule has 1 aliphatic rings. The smallest absolute Gasteiger partial charge is 0.332 e. The summed E-state index contributed by atoms with van der Waals surface area (Å²) < 4.78 is 32.8. The lowest BCUT2D eigenvalue weighted by molar-refractivity contribution is 0.560. The zero-order chi connectivity index (χ0) is 25.0. The van der Waals surface area contributed by atoms with Crippen molar-refractivity contribution in [2.75, 3.05) is 12.4 Å². The standard InChI is InChI=1S/C21H24N8O4S2/c1-21(4-5-21)26-35(32,33)16-6-15-17(30)28(12-14-9-25-27(3)10-14)20(31)29(18(15)34-16)11-13-7-23-19(22-2)24-8-13/h6-10,26H,4-5,11-12H2,1-3H3,(H,22,23,24). The summed E-state index contributed by atoms with van der Waals surface area (Å²) in [5, 5.41) is 7.09. The van der Waals surface area contributed by atoms with Crippen molar-refractivity contribution in [1.29, 1.82) is 0 Å². The highest BCUT2D eigenvalue weighted by atomic mass is 32.2. The molecule has 1 aliphatic carbocycles. The van der Waals surface area contributed by atoms with Crippen molar-refractivity contribution in [3.63, 3.8) is 0 Å². The second kappa shape index (κ2) is 8.39. The van der Waals surface area contributed by atoms with Crippen LogP contribution in [0.5, 0.6) is 0 Å². The van der Waals surface area contributed by atoms with Crippen LogP contribution in [0.4, 0.5) is 5.95 Å². The van der Waals surface area contributed by atoms with Gasteiger partial charge in [-0.1, -0.05) is 0 Å². The summed E-state index contributed by atoms with van der Waals surface area (Å²) in [6.07, 6.45) is 7.95. The molecule has 0 spiro atoms. The van der Waals surface area contributed by atoms with Gasteiger partial charge in [-0.25, -0.2) is 27.9 Å². The van der Waals surface area contributed by atoms with E-state index < -0.39 is 26.8 Å². The Kier molecular flexibility index (Phi) is 5.61. The molecule has 4 heterocycles. The van der Waals surface area contributed by atoms with Crippen molar-refractivity contribution in [2.45, 2.75) is 42.6 Å². The summed E-state index contributed by atoms with van der Waals surface area (Å²) in [5.41, 5.74) is -0.285. The monoisotopic (exact) mass is 516 g/mol. The van der Waals surface area contributed by atoms with Crippen LogP contribution in [0, 0.1) is 0 Å². The summed E-state index contributed by atoms with van der Waals surface area (Å²) in [6, 6.07) is 1.35. The molecule has 0 unspecified atom stereocenters. The SMILES string of the molecule is CNc1ncc(Cn2c(=O)n(Cc3cnn(C)c3)c(=O)c3cc(S(=O)(=O)NC4(C)CC4)sc32)cn1. The predicted octanol–water partition coefficient (Wildman–Crippen LogP) is 0.717. The molecule has 14 heteroatoms. The van der Waals surface area contributed by atoms with Gasteiger partial charge in [-0.2, -0.15) is 5.10 Å². The molecule has 0 aromatic carbocycles. The third-order valence-corrected chi connectivity index (χ3v) is 9.16. The zero-order valence-electron chi connectivity index (χ0n) is 19.3. The van der Waals surface area contributed by atoms with Gasteiger partial charge in [-0.3, -0.25) is 18.6 Å². The molecule has 0 saturated heterocycles. The van der Waals surface area contributed by atoms with Crippen LogP contribution in [-0.4, -0.2) is 49.9 Å². The quantitative estimate of drug-likeness (QED) is 0.348. The topological polar surface area (TPSA) is 146 Å². The largest absolute Gasteiger partial charge is 0.357 e. The zero-order valence-corrected chi connectivity index (χ0v) is 21.0. The molecule has 35 heavy (non-hydrogen) atoms. The average molecular weight is 517 g/mol. The van der Waals surface area contributed by atoms with Crippen molar-refractivity contribution < 1.29 is 8.42 Å². The molecule has 0 atom stereocenters. The summed E-state index contributed by atoms with van der Waals surface area (Å²) in [6.45, 7) is 1.91. The van der Waals surface area contributed by atoms with E-state index in [0.717, 1.165) is 28.7 Å². The number of nitrogens with zero attached hydrogens (tertiary/aromatic N) is 6. The number of aryl methyl sites for hydroxylation is 1. The van der Waals surface area contributed by atoms with E-state index in [1.54, 1.807) is 43.6 Å². The average Bonchev–Trinajstić information content (AvgIpc) is 3.20. The van der Waals surface area contributed by atoms with Crippen LogP contribution in [0.1, 0.15) is 30.9 Å². The summed E-state index contributed by atoms with van der Waals surface area (Å²) in [4.78, 5) is 35.5. The van der Waals surface area contributed by atoms with E-state index in [1.165, 1.54) is 10.6 Å². The third kappa shape index (κ3) is 4.51. The molecule has 0 radical (unpaired) electrons. The normalized spacial score (nSPS) is 14.9. The highest BCUT2D eigenvalue weighted by Gasteiger charge is 2.41. The van der Waals surface area contributed by atoms with E-state index in [9.17, 15) is 18.0 Å². The van der Waals surface area contributed by atoms with Gasteiger partial charge in [-0.05, 0) is 25.8 Å². The van der Waals surface area contributed by atoms with Crippen molar-refractivity contribution in [3.8, 4) is 0 Å². The number of thiophene rings is 1. The van der Waals surface area contributed by atoms with Crippen LogP contribution in [0.15, 0.2) is 44.7 Å². The third-order valence-electron chi connectivity index (χ3n) is 5.89. The Morgan fingerprint density at radius 2 is 1.77 bits per heavy atom. The molecule has 0 bridgehead atoms. The van der Waals surface area contributed by atoms with E-state index in [4.69, 9.17) is 0 Å². The molecule has 1 fully saturated rings. The highest BCUT2D eigenvalue weighted by molar-refractivity contribution is 7.91. The van der Waals surface area contributed by atoms with Crippen molar-refractivity contribution >= 4 is 37.5 Å². The van der Waals surface area contributed by atoms with Crippen LogP contribution in [0.3, 0.4) is 0 Å². The van der Waals surface area contributed by atoms with Crippen molar-refractivity contribution in [1.82, 2.24) is 33.6 Å². The lowest BCUT2D eigenvalue weighted by Gasteiger charge is -2.11. The molecule has 0 aliphatic heterocycles. The molecule has 5 rings (SSSR count). The van der Waals surface area contributed by atoms with Gasteiger partial charge in [0.15, 0.2) is 0 Å². The maximum Gasteiger partial charge on any atom is 0.332 e. The van der Waals surface area contributed by atoms with Gasteiger partial charge in [0.2, 0.25) is 5.95 Å². The number of hydrogen-bond donors (Lipinski definition) is 2. The van der Waals surface area contributed by atoms with Gasteiger partial charge in [0.1, 0.15) is 9.04 Å². The first kappa shape index (κ1) is 23.4. The summed E-state index contributed by atoms with van der Waals surface area (Å²) in [5.74, 6) is 0.428. The Morgan fingerprint density at radius 1 is 1.09 bits per heavy atom. The Bertz CT molecular complexity index is 1640. The van der Waals surface area contributed by atoms with Crippen LogP contribution in [0.2, 0.25) is 0 Å². The van der Waals surface area contributed by atoms with Gasteiger partial charge < -0.3 is 5.32 Å². The Hall–Kier alpha value is -3.36. The number of hydrogen-bond acceptors (Lipinski definition) is 9. The molecular formula is C21H24N8O4S2. The van der Waals surface area contributed by atoms with E-state index >= 15 is 0 Å². The molecule has 184 valence electrons. The van der Waals surface area contributed by atoms with Crippen LogP contribution < -0.4 is 21.3 Å². The Balaban J connectivity index is 1.67. The number of sulfonamides is 1. The van der Waals surface area contributed by atoms with Crippen molar-refractivity contribution in [3.05, 3.63) is 62.8 Å². The Morgan fingerprint density at radius 3 is 2.37 bits per heavy atom. The fourth-order valence-corrected chi connectivity index (χ4v) is 6.64. The van der Waals surface area contributed by atoms with Crippen LogP contribution in [-0.2, 0) is 30.2 Å². The number of anilines is 1. The number of nitrogens with one attached hydrogen (secondary N) is 2. The minimum Gasteiger partial charge on any atom is -0.357 e. The maximum atomic E-state index is 13.5. The van der Waals surface area contributed by atoms with Crippen LogP contribution >= 0.6 is 11.3 Å². The van der Waals surface area contributed by atoms with Gasteiger partial charge in [0.25, 0.3) is 15.6 Å². The molecule has 12 nitrogen and oxygen atoms in total. The van der Waals surface area contributed by atoms with E-state index in [-0.39, 0.29) is 27.5 Å². The number of rotatable bonds is 8. The second-order valence-corrected chi connectivity index (χ2v) is 11.8. The fourth-order valence-electron chi connectivity index (χ4n) is 3.74. The predicted molar refractivity (Wildman–Crippen MR) is 131 cm³/mol. The highest BCUT2D eigenvalue weighted by Crippen LogP contribution is 2.37. The molecule has 1 saturated carbocycles. The van der Waals surface area contributed by atoms with Gasteiger partial charge >= 0.3 is 5.69 Å². The molecule has 0 amide bonds. The molecule has 2 N–H and O–H groups in total. The van der Waals surface area contributed by atoms with E-state index in [2.05, 4.69) is 25.1 Å². The van der Waals surface area contributed by atoms with Gasteiger partial charge in [-0.15, -0.1) is 11.3 Å². The first-order chi connectivity index (χ1) is 16.6. The molecule has 4 aromatic heterocycles. The van der Waals surface area contributed by atoms with Crippen molar-refractivity contribution in [2.24, 2.45) is 7.05 Å². The second-order valence-electron chi connectivity index (χ2n) is 8.90.